The first-order valence-electron chi connectivity index (χ1n) is 8.32. The topological polar surface area (TPSA) is 0 Å². The molecule has 4 rings (SSSR count). The lowest BCUT2D eigenvalue weighted by Gasteiger charge is -2.20. The fraction of sp³-hybridized carbons (Fsp3) is 0.333. The van der Waals surface area contributed by atoms with E-state index < -0.39 is 0 Å². The van der Waals surface area contributed by atoms with Gasteiger partial charge in [0.25, 0.3) is 0 Å². The normalized spacial score (nSPS) is 22.1. The van der Waals surface area contributed by atoms with Gasteiger partial charge in [-0.15, -0.1) is 11.8 Å². The van der Waals surface area contributed by atoms with Gasteiger partial charge in [0.15, 0.2) is 0 Å². The van der Waals surface area contributed by atoms with Crippen LogP contribution in [0.2, 0.25) is 0 Å². The predicted octanol–water partition coefficient (Wildman–Crippen LogP) is 5.57. The molecule has 22 heavy (non-hydrogen) atoms. The summed E-state index contributed by atoms with van der Waals surface area (Å²) in [6, 6.07) is 4.80. The zero-order valence-electron chi connectivity index (χ0n) is 13.1. The number of hydrogen-bond donors (Lipinski definition) is 0. The number of benzene rings is 1. The van der Waals surface area contributed by atoms with Gasteiger partial charge in [0.2, 0.25) is 0 Å². The van der Waals surface area contributed by atoms with Gasteiger partial charge in [-0.2, -0.15) is 0 Å². The van der Waals surface area contributed by atoms with E-state index in [0.29, 0.717) is 5.92 Å². The monoisotopic (exact) mass is 306 g/mol. The summed E-state index contributed by atoms with van der Waals surface area (Å²) in [7, 11) is 0. The highest BCUT2D eigenvalue weighted by Gasteiger charge is 2.18. The SMILES string of the molecule is Cc1cc2c(c(SCC3=CC4C=CC=CC4=C3)c1)CCCC2. The molecule has 0 N–H and O–H groups in total. The Morgan fingerprint density at radius 3 is 2.95 bits per heavy atom. The lowest BCUT2D eigenvalue weighted by Crippen LogP contribution is -2.05. The fourth-order valence-corrected chi connectivity index (χ4v) is 4.90. The summed E-state index contributed by atoms with van der Waals surface area (Å²) in [6.07, 6.45) is 18.9. The average molecular weight is 306 g/mol. The van der Waals surface area contributed by atoms with Crippen molar-refractivity contribution >= 4 is 11.8 Å². The molecule has 1 aromatic carbocycles. The van der Waals surface area contributed by atoms with Gasteiger partial charge in [-0.25, -0.2) is 0 Å². The summed E-state index contributed by atoms with van der Waals surface area (Å²) in [4.78, 5) is 1.52. The van der Waals surface area contributed by atoms with Crippen LogP contribution in [0.5, 0.6) is 0 Å². The second-order valence-electron chi connectivity index (χ2n) is 6.55. The van der Waals surface area contributed by atoms with Crippen LogP contribution in [0.3, 0.4) is 0 Å². The Morgan fingerprint density at radius 1 is 1.14 bits per heavy atom. The molecule has 0 fully saturated rings. The van der Waals surface area contributed by atoms with Crippen molar-refractivity contribution in [3.05, 3.63) is 76.4 Å². The van der Waals surface area contributed by atoms with Gasteiger partial charge < -0.3 is 0 Å². The Balaban J connectivity index is 1.53. The largest absolute Gasteiger partial charge is 0.121 e. The van der Waals surface area contributed by atoms with Crippen molar-refractivity contribution in [1.29, 1.82) is 0 Å². The van der Waals surface area contributed by atoms with E-state index >= 15 is 0 Å². The summed E-state index contributed by atoms with van der Waals surface area (Å²) >= 11 is 2.03. The minimum absolute atomic E-state index is 0.520. The van der Waals surface area contributed by atoms with E-state index in [9.17, 15) is 0 Å². The van der Waals surface area contributed by atoms with E-state index in [1.807, 2.05) is 11.8 Å². The Kier molecular flexibility index (Phi) is 3.83. The molecule has 1 atom stereocenters. The van der Waals surface area contributed by atoms with Crippen LogP contribution in [0.4, 0.5) is 0 Å². The second kappa shape index (κ2) is 5.96. The van der Waals surface area contributed by atoms with E-state index in [2.05, 4.69) is 55.5 Å². The first-order chi connectivity index (χ1) is 10.8. The summed E-state index contributed by atoms with van der Waals surface area (Å²) in [6.45, 7) is 2.24. The molecule has 3 aliphatic rings. The lowest BCUT2D eigenvalue weighted by molar-refractivity contribution is 0.675. The third kappa shape index (κ3) is 2.75. The van der Waals surface area contributed by atoms with Crippen molar-refractivity contribution in [2.75, 3.05) is 5.75 Å². The van der Waals surface area contributed by atoms with Crippen LogP contribution >= 0.6 is 11.8 Å². The first kappa shape index (κ1) is 14.1. The van der Waals surface area contributed by atoms with Gasteiger partial charge in [-0.05, 0) is 66.5 Å². The maximum absolute atomic E-state index is 2.42. The lowest BCUT2D eigenvalue weighted by atomic mass is 9.90. The van der Waals surface area contributed by atoms with E-state index in [1.54, 1.807) is 11.1 Å². The molecule has 0 heterocycles. The van der Waals surface area contributed by atoms with Crippen molar-refractivity contribution < 1.29 is 0 Å². The number of fused-ring (bicyclic) bond motifs is 2. The highest BCUT2D eigenvalue weighted by molar-refractivity contribution is 7.99. The Bertz CT molecular complexity index is 716. The zero-order chi connectivity index (χ0) is 14.9. The second-order valence-corrected chi connectivity index (χ2v) is 7.57. The molecule has 0 amide bonds. The standard InChI is InChI=1S/C21H22S/c1-15-10-19-8-4-5-9-20(19)21(11-15)22-14-16-12-17-6-2-3-7-18(17)13-16/h2-3,6-7,10-13,17H,4-5,8-9,14H2,1H3. The molecule has 0 saturated carbocycles. The minimum Gasteiger partial charge on any atom is -0.121 e. The first-order valence-corrected chi connectivity index (χ1v) is 9.30. The molecule has 112 valence electrons. The zero-order valence-corrected chi connectivity index (χ0v) is 14.0. The number of thioether (sulfide) groups is 1. The van der Waals surface area contributed by atoms with Crippen molar-refractivity contribution in [2.24, 2.45) is 5.92 Å². The smallest absolute Gasteiger partial charge is 0.0229 e. The summed E-state index contributed by atoms with van der Waals surface area (Å²) < 4.78 is 0. The van der Waals surface area contributed by atoms with Crippen LogP contribution in [0.15, 0.2) is 64.6 Å². The number of rotatable bonds is 3. The van der Waals surface area contributed by atoms with Crippen molar-refractivity contribution in [3.8, 4) is 0 Å². The van der Waals surface area contributed by atoms with E-state index in [0.717, 1.165) is 5.75 Å². The van der Waals surface area contributed by atoms with Crippen LogP contribution < -0.4 is 0 Å². The molecule has 3 aliphatic carbocycles. The van der Waals surface area contributed by atoms with Crippen molar-refractivity contribution in [1.82, 2.24) is 0 Å². The summed E-state index contributed by atoms with van der Waals surface area (Å²) in [5, 5.41) is 0. The molecule has 0 aromatic heterocycles. The highest BCUT2D eigenvalue weighted by Crippen LogP contribution is 2.36. The molecule has 0 bridgehead atoms. The quantitative estimate of drug-likeness (QED) is 0.657. The third-order valence-corrected chi connectivity index (χ3v) is 5.96. The molecular formula is C21H22S. The highest BCUT2D eigenvalue weighted by atomic mass is 32.2. The number of allylic oxidation sites excluding steroid dienone is 7. The van der Waals surface area contributed by atoms with Crippen LogP contribution in [-0.2, 0) is 12.8 Å². The van der Waals surface area contributed by atoms with Gasteiger partial charge in [-0.1, -0.05) is 42.5 Å². The molecule has 0 nitrogen and oxygen atoms in total. The maximum atomic E-state index is 2.42. The number of hydrogen-bond acceptors (Lipinski definition) is 1. The third-order valence-electron chi connectivity index (χ3n) is 4.81. The molecule has 0 spiro atoms. The van der Waals surface area contributed by atoms with Crippen LogP contribution in [-0.4, -0.2) is 5.75 Å². The maximum Gasteiger partial charge on any atom is 0.0229 e. The Hall–Kier alpha value is -1.47. The van der Waals surface area contributed by atoms with Gasteiger partial charge in [0, 0.05) is 16.6 Å². The molecule has 1 aromatic rings. The summed E-state index contributed by atoms with van der Waals surface area (Å²) in [5.41, 5.74) is 7.58. The average Bonchev–Trinajstić information content (AvgIpc) is 2.95. The molecule has 1 heteroatoms. The molecular weight excluding hydrogens is 284 g/mol. The van der Waals surface area contributed by atoms with Crippen LogP contribution in [0.25, 0.3) is 0 Å². The van der Waals surface area contributed by atoms with Crippen LogP contribution in [0, 0.1) is 12.8 Å². The van der Waals surface area contributed by atoms with Gasteiger partial charge in [0.1, 0.15) is 0 Å². The predicted molar refractivity (Wildman–Crippen MR) is 96.5 cm³/mol. The molecule has 0 saturated heterocycles. The Labute approximate surface area is 137 Å². The van der Waals surface area contributed by atoms with Crippen molar-refractivity contribution in [3.63, 3.8) is 0 Å². The molecule has 0 radical (unpaired) electrons. The van der Waals surface area contributed by atoms with E-state index in [4.69, 9.17) is 0 Å². The van der Waals surface area contributed by atoms with Gasteiger partial charge >= 0.3 is 0 Å². The molecule has 0 aliphatic heterocycles. The van der Waals surface area contributed by atoms with E-state index in [-0.39, 0.29) is 0 Å². The molecule has 1 unspecified atom stereocenters. The van der Waals surface area contributed by atoms with Crippen molar-refractivity contribution in [2.45, 2.75) is 37.5 Å². The van der Waals surface area contributed by atoms with Gasteiger partial charge in [0.05, 0.1) is 0 Å². The fourth-order valence-electron chi connectivity index (χ4n) is 3.72. The van der Waals surface area contributed by atoms with Crippen LogP contribution in [0.1, 0.15) is 29.5 Å². The Morgan fingerprint density at radius 2 is 2.05 bits per heavy atom. The summed E-state index contributed by atoms with van der Waals surface area (Å²) in [5.74, 6) is 1.62. The van der Waals surface area contributed by atoms with Gasteiger partial charge in [-0.3, -0.25) is 0 Å². The number of aryl methyl sites for hydroxylation is 2. The van der Waals surface area contributed by atoms with E-state index in [1.165, 1.54) is 47.3 Å². The minimum atomic E-state index is 0.520.